The van der Waals surface area contributed by atoms with E-state index in [1.54, 1.807) is 41.5 Å². The van der Waals surface area contributed by atoms with Crippen LogP contribution in [-0.2, 0) is 19.0 Å². The minimum Gasteiger partial charge on any atom is -0.467 e. The third-order valence-corrected chi connectivity index (χ3v) is 2.95. The van der Waals surface area contributed by atoms with Gasteiger partial charge in [-0.1, -0.05) is 20.8 Å². The Labute approximate surface area is 130 Å². The predicted molar refractivity (Wildman–Crippen MR) is 77.7 cm³/mol. The molecule has 0 saturated carbocycles. The summed E-state index contributed by atoms with van der Waals surface area (Å²) in [6.07, 6.45) is -1.88. The van der Waals surface area contributed by atoms with Crippen LogP contribution in [0.1, 0.15) is 52.5 Å². The molecule has 1 saturated heterocycles. The van der Waals surface area contributed by atoms with E-state index in [1.165, 1.54) is 0 Å². The molecule has 0 aromatic rings. The molecule has 0 aromatic heterocycles. The van der Waals surface area contributed by atoms with Gasteiger partial charge in [-0.3, -0.25) is 4.90 Å². The van der Waals surface area contributed by atoms with Gasteiger partial charge in [-0.2, -0.15) is 0 Å². The average molecular weight is 304 g/mol. The number of rotatable bonds is 1. The van der Waals surface area contributed by atoms with Crippen molar-refractivity contribution in [3.8, 4) is 0 Å². The fourth-order valence-electron chi connectivity index (χ4n) is 2.07. The van der Waals surface area contributed by atoms with Gasteiger partial charge in [0, 0.05) is 9.53 Å². The summed E-state index contributed by atoms with van der Waals surface area (Å²) in [5, 5.41) is 0. The minimum absolute atomic E-state index is 0.489. The standard InChI is InChI=1S/C15H27NO5/c1-13(2,3)10-16(12(18)21-14(4,5)6)15(7,9-20-10)11(17)19-8/h10H,9H2,1-8H3/t10-,15+/m1/s1/i7D3. The number of methoxy groups -OCH3 is 1. The Balaban J connectivity index is 3.51. The van der Waals surface area contributed by atoms with Crippen LogP contribution in [0.15, 0.2) is 0 Å². The van der Waals surface area contributed by atoms with Gasteiger partial charge in [0.25, 0.3) is 0 Å². The van der Waals surface area contributed by atoms with Crippen LogP contribution in [0.2, 0.25) is 0 Å². The SMILES string of the molecule is [2H]C([2H])([2H])[C@@]1(C(=O)OC)CO[C@H](C(C)(C)C)N1C(=O)OC(C)(C)C. The molecule has 21 heavy (non-hydrogen) atoms. The molecule has 0 unspecified atom stereocenters. The third-order valence-electron chi connectivity index (χ3n) is 2.95. The summed E-state index contributed by atoms with van der Waals surface area (Å²) in [7, 11) is 1.08. The zero-order valence-corrected chi connectivity index (χ0v) is 13.8. The Morgan fingerprint density at radius 1 is 1.29 bits per heavy atom. The van der Waals surface area contributed by atoms with Crippen LogP contribution < -0.4 is 0 Å². The molecule has 0 aliphatic carbocycles. The molecule has 6 heteroatoms. The molecule has 122 valence electrons. The average Bonchev–Trinajstić information content (AvgIpc) is 2.76. The highest BCUT2D eigenvalue weighted by molar-refractivity contribution is 5.86. The number of carbonyl (C=O) groups excluding carboxylic acids is 2. The van der Waals surface area contributed by atoms with E-state index in [4.69, 9.17) is 18.3 Å². The van der Waals surface area contributed by atoms with Crippen molar-refractivity contribution in [1.82, 2.24) is 4.90 Å². The van der Waals surface area contributed by atoms with Crippen LogP contribution in [0.5, 0.6) is 0 Å². The minimum atomic E-state index is -2.85. The van der Waals surface area contributed by atoms with E-state index < -0.39 is 48.3 Å². The Kier molecular flexibility index (Phi) is 3.49. The summed E-state index contributed by atoms with van der Waals surface area (Å²) >= 11 is 0. The highest BCUT2D eigenvalue weighted by atomic mass is 16.6. The monoisotopic (exact) mass is 304 g/mol. The maximum Gasteiger partial charge on any atom is 0.413 e. The molecule has 0 N–H and O–H groups in total. The van der Waals surface area contributed by atoms with Crippen molar-refractivity contribution in [3.05, 3.63) is 0 Å². The number of carbonyl (C=O) groups is 2. The topological polar surface area (TPSA) is 65.1 Å². The largest absolute Gasteiger partial charge is 0.467 e. The van der Waals surface area contributed by atoms with E-state index in [0.29, 0.717) is 0 Å². The molecule has 1 fully saturated rings. The molecule has 1 rings (SSSR count). The summed E-state index contributed by atoms with van der Waals surface area (Å²) in [5.41, 5.74) is -3.75. The molecule has 1 aliphatic heterocycles. The fourth-order valence-corrected chi connectivity index (χ4v) is 2.07. The van der Waals surface area contributed by atoms with Crippen LogP contribution in [-0.4, -0.2) is 48.0 Å². The summed E-state index contributed by atoms with van der Waals surface area (Å²) in [5.74, 6) is -1.06. The quantitative estimate of drug-likeness (QED) is 0.697. The van der Waals surface area contributed by atoms with E-state index in [0.717, 1.165) is 12.0 Å². The van der Waals surface area contributed by atoms with Gasteiger partial charge in [-0.15, -0.1) is 0 Å². The lowest BCUT2D eigenvalue weighted by Crippen LogP contribution is -2.58. The highest BCUT2D eigenvalue weighted by Gasteiger charge is 2.57. The molecule has 1 heterocycles. The molecular weight excluding hydrogens is 274 g/mol. The lowest BCUT2D eigenvalue weighted by atomic mass is 9.91. The van der Waals surface area contributed by atoms with Gasteiger partial charge in [0.2, 0.25) is 0 Å². The van der Waals surface area contributed by atoms with E-state index in [-0.39, 0.29) is 0 Å². The molecular formula is C15H27NO5. The number of hydrogen-bond donors (Lipinski definition) is 0. The van der Waals surface area contributed by atoms with E-state index in [2.05, 4.69) is 0 Å². The Morgan fingerprint density at radius 3 is 2.24 bits per heavy atom. The molecule has 1 aliphatic rings. The number of nitrogens with zero attached hydrogens (tertiary/aromatic N) is 1. The van der Waals surface area contributed by atoms with Crippen LogP contribution in [0.25, 0.3) is 0 Å². The van der Waals surface area contributed by atoms with Gasteiger partial charge in [0.15, 0.2) is 5.54 Å². The number of hydrogen-bond acceptors (Lipinski definition) is 5. The first kappa shape index (κ1) is 13.4. The van der Waals surface area contributed by atoms with Crippen LogP contribution in [0.4, 0.5) is 4.79 Å². The Bertz CT molecular complexity index is 507. The highest BCUT2D eigenvalue weighted by Crippen LogP contribution is 2.38. The van der Waals surface area contributed by atoms with E-state index in [1.807, 2.05) is 0 Å². The van der Waals surface area contributed by atoms with Gasteiger partial charge >= 0.3 is 12.1 Å². The smallest absolute Gasteiger partial charge is 0.413 e. The second-order valence-electron chi connectivity index (χ2n) is 7.23. The Morgan fingerprint density at radius 2 is 1.86 bits per heavy atom. The van der Waals surface area contributed by atoms with Crippen LogP contribution >= 0.6 is 0 Å². The molecule has 0 spiro atoms. The number of esters is 1. The number of amides is 1. The third kappa shape index (κ3) is 3.67. The lowest BCUT2D eigenvalue weighted by Gasteiger charge is -2.39. The summed E-state index contributed by atoms with van der Waals surface area (Å²) < 4.78 is 39.2. The normalized spacial score (nSPS) is 29.4. The summed E-state index contributed by atoms with van der Waals surface area (Å²) in [6.45, 7) is 6.97. The first-order valence-electron chi connectivity index (χ1n) is 8.30. The van der Waals surface area contributed by atoms with E-state index >= 15 is 0 Å². The van der Waals surface area contributed by atoms with Crippen molar-refractivity contribution in [2.45, 2.75) is 65.8 Å². The van der Waals surface area contributed by atoms with E-state index in [9.17, 15) is 9.59 Å². The second-order valence-corrected chi connectivity index (χ2v) is 7.23. The Hall–Kier alpha value is -1.30. The molecule has 2 atom stereocenters. The van der Waals surface area contributed by atoms with Gasteiger partial charge < -0.3 is 14.2 Å². The first-order chi connectivity index (χ1) is 10.6. The predicted octanol–water partition coefficient (Wildman–Crippen LogP) is 2.56. The van der Waals surface area contributed by atoms with Crippen molar-refractivity contribution in [2.75, 3.05) is 13.7 Å². The van der Waals surface area contributed by atoms with Crippen molar-refractivity contribution in [1.29, 1.82) is 0 Å². The van der Waals surface area contributed by atoms with Gasteiger partial charge in [-0.25, -0.2) is 9.59 Å². The lowest BCUT2D eigenvalue weighted by molar-refractivity contribution is -0.153. The maximum absolute atomic E-state index is 12.8. The molecule has 0 bridgehead atoms. The number of ether oxygens (including phenoxy) is 3. The van der Waals surface area contributed by atoms with Gasteiger partial charge in [-0.05, 0) is 27.6 Å². The van der Waals surface area contributed by atoms with Crippen LogP contribution in [0, 0.1) is 5.41 Å². The van der Waals surface area contributed by atoms with Crippen molar-refractivity contribution >= 4 is 12.1 Å². The zero-order chi connectivity index (χ0) is 19.1. The summed E-state index contributed by atoms with van der Waals surface area (Å²) in [4.78, 5) is 26.1. The molecule has 1 amide bonds. The van der Waals surface area contributed by atoms with Crippen molar-refractivity contribution in [3.63, 3.8) is 0 Å². The first-order valence-corrected chi connectivity index (χ1v) is 6.80. The fraction of sp³-hybridized carbons (Fsp3) is 0.867. The van der Waals surface area contributed by atoms with Gasteiger partial charge in [0.1, 0.15) is 11.8 Å². The maximum atomic E-state index is 12.8. The summed E-state index contributed by atoms with van der Waals surface area (Å²) in [6, 6.07) is 0. The second kappa shape index (κ2) is 5.48. The zero-order valence-electron chi connectivity index (χ0n) is 16.8. The molecule has 6 nitrogen and oxygen atoms in total. The molecule has 0 aromatic carbocycles. The van der Waals surface area contributed by atoms with Crippen molar-refractivity contribution < 1.29 is 27.9 Å². The van der Waals surface area contributed by atoms with Crippen molar-refractivity contribution in [2.24, 2.45) is 5.41 Å². The molecule has 0 radical (unpaired) electrons. The van der Waals surface area contributed by atoms with Crippen LogP contribution in [0.3, 0.4) is 0 Å². The van der Waals surface area contributed by atoms with Gasteiger partial charge in [0.05, 0.1) is 13.7 Å².